The summed E-state index contributed by atoms with van der Waals surface area (Å²) in [6.07, 6.45) is 1.62. The minimum absolute atomic E-state index is 0.120. The first-order chi connectivity index (χ1) is 11.6. The molecule has 0 unspecified atom stereocenters. The van der Waals surface area contributed by atoms with Gasteiger partial charge < -0.3 is 19.5 Å². The van der Waals surface area contributed by atoms with Crippen LogP contribution in [0.25, 0.3) is 0 Å². The molecule has 0 radical (unpaired) electrons. The molecule has 2 heterocycles. The topological polar surface area (TPSA) is 48.7 Å². The van der Waals surface area contributed by atoms with Crippen molar-refractivity contribution >= 4 is 29.2 Å². The Balaban J connectivity index is 1.59. The molecule has 1 aliphatic rings. The van der Waals surface area contributed by atoms with Crippen molar-refractivity contribution in [2.45, 2.75) is 13.0 Å². The summed E-state index contributed by atoms with van der Waals surface area (Å²) in [6.45, 7) is 4.11. The van der Waals surface area contributed by atoms with Gasteiger partial charge in [0.05, 0.1) is 12.3 Å². The molecule has 3 rings (SSSR count). The summed E-state index contributed by atoms with van der Waals surface area (Å²) in [7, 11) is 1.77. The fourth-order valence-corrected chi connectivity index (χ4v) is 3.59. The zero-order chi connectivity index (χ0) is 16.9. The third-order valence-electron chi connectivity index (χ3n) is 4.35. The number of benzene rings is 1. The van der Waals surface area contributed by atoms with E-state index >= 15 is 0 Å². The molecule has 1 aromatic carbocycles. The lowest BCUT2D eigenvalue weighted by atomic mass is 10.2. The highest BCUT2D eigenvalue weighted by Crippen LogP contribution is 2.23. The van der Waals surface area contributed by atoms with Crippen LogP contribution in [0, 0.1) is 0 Å². The first kappa shape index (κ1) is 16.8. The summed E-state index contributed by atoms with van der Waals surface area (Å²) in [6, 6.07) is 11.5. The van der Waals surface area contributed by atoms with Crippen molar-refractivity contribution in [3.63, 3.8) is 0 Å². The Morgan fingerprint density at radius 2 is 1.96 bits per heavy atom. The number of nitrogens with zero attached hydrogens (tertiary/aromatic N) is 2. The highest BCUT2D eigenvalue weighted by Gasteiger charge is 2.19. The lowest BCUT2D eigenvalue weighted by Crippen LogP contribution is -2.33. The van der Waals surface area contributed by atoms with Crippen LogP contribution in [-0.4, -0.2) is 42.6 Å². The maximum absolute atomic E-state index is 12.4. The van der Waals surface area contributed by atoms with Gasteiger partial charge in [0, 0.05) is 43.0 Å². The second-order valence-electron chi connectivity index (χ2n) is 5.88. The Morgan fingerprint density at radius 1 is 1.25 bits per heavy atom. The predicted octanol–water partition coefficient (Wildman–Crippen LogP) is 4.06. The number of rotatable bonds is 4. The standard InChI is InChI=1S/C18H23N3O2S/c1-14(17-4-3-11-23-17)20(2)18(22)19-15-5-7-16(8-6-15)21-9-12-24-13-10-21/h3-8,11,14H,9-10,12-13H2,1-2H3,(H,19,22)/t14-/m0/s1. The molecule has 1 fully saturated rings. The number of hydrogen-bond acceptors (Lipinski definition) is 4. The van der Waals surface area contributed by atoms with Gasteiger partial charge in [-0.2, -0.15) is 11.8 Å². The number of carbonyl (C=O) groups is 1. The molecule has 1 aromatic heterocycles. The minimum Gasteiger partial charge on any atom is -0.467 e. The average molecular weight is 345 g/mol. The van der Waals surface area contributed by atoms with Crippen molar-refractivity contribution in [3.05, 3.63) is 48.4 Å². The Kier molecular flexibility index (Phi) is 5.35. The fraction of sp³-hybridized carbons (Fsp3) is 0.389. The van der Waals surface area contributed by atoms with Crippen molar-refractivity contribution in [1.82, 2.24) is 4.90 Å². The van der Waals surface area contributed by atoms with Gasteiger partial charge in [0.2, 0.25) is 0 Å². The second kappa shape index (κ2) is 7.66. The van der Waals surface area contributed by atoms with Crippen LogP contribution in [0.5, 0.6) is 0 Å². The third-order valence-corrected chi connectivity index (χ3v) is 5.29. The molecule has 5 nitrogen and oxygen atoms in total. The van der Waals surface area contributed by atoms with Crippen LogP contribution in [0.4, 0.5) is 16.2 Å². The van der Waals surface area contributed by atoms with Crippen molar-refractivity contribution in [3.8, 4) is 0 Å². The molecular weight excluding hydrogens is 322 g/mol. The number of carbonyl (C=O) groups excluding carboxylic acids is 1. The molecule has 24 heavy (non-hydrogen) atoms. The van der Waals surface area contributed by atoms with E-state index in [-0.39, 0.29) is 12.1 Å². The van der Waals surface area contributed by atoms with Crippen LogP contribution in [-0.2, 0) is 0 Å². The number of hydrogen-bond donors (Lipinski definition) is 1. The van der Waals surface area contributed by atoms with Gasteiger partial charge in [-0.3, -0.25) is 0 Å². The van der Waals surface area contributed by atoms with E-state index in [1.54, 1.807) is 18.2 Å². The zero-order valence-corrected chi connectivity index (χ0v) is 14.9. The third kappa shape index (κ3) is 3.87. The molecule has 0 saturated carbocycles. The molecule has 0 bridgehead atoms. The van der Waals surface area contributed by atoms with Gasteiger partial charge in [0.25, 0.3) is 0 Å². The van der Waals surface area contributed by atoms with Gasteiger partial charge in [-0.1, -0.05) is 0 Å². The molecule has 2 amide bonds. The van der Waals surface area contributed by atoms with E-state index in [9.17, 15) is 4.79 Å². The largest absolute Gasteiger partial charge is 0.467 e. The first-order valence-corrected chi connectivity index (χ1v) is 9.30. The molecule has 1 N–H and O–H groups in total. The molecule has 1 aliphatic heterocycles. The van der Waals surface area contributed by atoms with E-state index in [0.29, 0.717) is 0 Å². The maximum Gasteiger partial charge on any atom is 0.322 e. The smallest absolute Gasteiger partial charge is 0.322 e. The summed E-state index contributed by atoms with van der Waals surface area (Å²) in [5.74, 6) is 3.12. The zero-order valence-electron chi connectivity index (χ0n) is 14.1. The van der Waals surface area contributed by atoms with Gasteiger partial charge in [0.15, 0.2) is 0 Å². The normalized spacial score (nSPS) is 15.8. The van der Waals surface area contributed by atoms with Gasteiger partial charge in [0.1, 0.15) is 5.76 Å². The molecule has 2 aromatic rings. The maximum atomic E-state index is 12.4. The molecular formula is C18H23N3O2S. The molecule has 128 valence electrons. The Labute approximate surface area is 147 Å². The van der Waals surface area contributed by atoms with Crippen molar-refractivity contribution in [1.29, 1.82) is 0 Å². The van der Waals surface area contributed by atoms with Crippen LogP contribution >= 0.6 is 11.8 Å². The Hall–Kier alpha value is -2.08. The Bertz CT molecular complexity index is 651. The van der Waals surface area contributed by atoms with Gasteiger partial charge in [-0.15, -0.1) is 0 Å². The molecule has 1 atom stereocenters. The number of nitrogens with one attached hydrogen (secondary N) is 1. The average Bonchev–Trinajstić information content (AvgIpc) is 3.16. The summed E-state index contributed by atoms with van der Waals surface area (Å²) in [4.78, 5) is 16.4. The summed E-state index contributed by atoms with van der Waals surface area (Å²) in [5, 5.41) is 2.94. The molecule has 1 saturated heterocycles. The highest BCUT2D eigenvalue weighted by atomic mass is 32.2. The van der Waals surface area contributed by atoms with E-state index in [1.165, 1.54) is 17.2 Å². The second-order valence-corrected chi connectivity index (χ2v) is 7.10. The number of thioether (sulfide) groups is 1. The SMILES string of the molecule is C[C@@H](c1ccco1)N(C)C(=O)Nc1ccc(N2CCSCC2)cc1. The summed E-state index contributed by atoms with van der Waals surface area (Å²) in [5.41, 5.74) is 2.01. The summed E-state index contributed by atoms with van der Waals surface area (Å²) < 4.78 is 5.37. The number of urea groups is 1. The van der Waals surface area contributed by atoms with Crippen LogP contribution in [0.1, 0.15) is 18.7 Å². The van der Waals surface area contributed by atoms with E-state index in [2.05, 4.69) is 22.3 Å². The first-order valence-electron chi connectivity index (χ1n) is 8.15. The molecule has 6 heteroatoms. The van der Waals surface area contributed by atoms with E-state index in [4.69, 9.17) is 4.42 Å². The van der Waals surface area contributed by atoms with Gasteiger partial charge in [-0.05, 0) is 43.3 Å². The Morgan fingerprint density at radius 3 is 2.58 bits per heavy atom. The van der Waals surface area contributed by atoms with Crippen molar-refractivity contribution < 1.29 is 9.21 Å². The van der Waals surface area contributed by atoms with Crippen LogP contribution in [0.3, 0.4) is 0 Å². The number of furan rings is 1. The molecule has 0 spiro atoms. The predicted molar refractivity (Wildman–Crippen MR) is 99.9 cm³/mol. The molecule has 0 aliphatic carbocycles. The van der Waals surface area contributed by atoms with Gasteiger partial charge in [-0.25, -0.2) is 4.79 Å². The van der Waals surface area contributed by atoms with Crippen LogP contribution in [0.15, 0.2) is 47.1 Å². The van der Waals surface area contributed by atoms with E-state index in [0.717, 1.165) is 24.5 Å². The number of anilines is 2. The van der Waals surface area contributed by atoms with E-state index < -0.39 is 0 Å². The number of amides is 2. The lowest BCUT2D eigenvalue weighted by molar-refractivity contribution is 0.201. The van der Waals surface area contributed by atoms with Crippen LogP contribution < -0.4 is 10.2 Å². The quantitative estimate of drug-likeness (QED) is 0.908. The van der Waals surface area contributed by atoms with E-state index in [1.807, 2.05) is 43.0 Å². The lowest BCUT2D eigenvalue weighted by Gasteiger charge is -2.28. The van der Waals surface area contributed by atoms with Crippen molar-refractivity contribution in [2.24, 2.45) is 0 Å². The summed E-state index contributed by atoms with van der Waals surface area (Å²) >= 11 is 2.00. The van der Waals surface area contributed by atoms with Crippen LogP contribution in [0.2, 0.25) is 0 Å². The van der Waals surface area contributed by atoms with Gasteiger partial charge >= 0.3 is 6.03 Å². The highest BCUT2D eigenvalue weighted by molar-refractivity contribution is 7.99. The van der Waals surface area contributed by atoms with Crippen molar-refractivity contribution in [2.75, 3.05) is 41.9 Å². The minimum atomic E-state index is -0.152. The fourth-order valence-electron chi connectivity index (χ4n) is 2.68. The monoisotopic (exact) mass is 345 g/mol.